The summed E-state index contributed by atoms with van der Waals surface area (Å²) in [5.41, 5.74) is 1.96. The minimum atomic E-state index is 0.564. The Morgan fingerprint density at radius 3 is 3.10 bits per heavy atom. The highest BCUT2D eigenvalue weighted by Gasteiger charge is 1.90. The fourth-order valence-corrected chi connectivity index (χ4v) is 0.714. The van der Waals surface area contributed by atoms with Crippen molar-refractivity contribution in [3.63, 3.8) is 0 Å². The second-order valence-electron chi connectivity index (χ2n) is 2.11. The molecular weight excluding hydrogens is 124 g/mol. The first kappa shape index (κ1) is 6.76. The molecule has 0 aromatic carbocycles. The maximum Gasteiger partial charge on any atom is 0.0752 e. The lowest BCUT2D eigenvalue weighted by atomic mass is 10.2. The molecule has 0 N–H and O–H groups in total. The van der Waals surface area contributed by atoms with Gasteiger partial charge in [0.1, 0.15) is 0 Å². The van der Waals surface area contributed by atoms with Gasteiger partial charge in [0.25, 0.3) is 0 Å². The van der Waals surface area contributed by atoms with E-state index in [1.807, 2.05) is 13.0 Å². The summed E-state index contributed by atoms with van der Waals surface area (Å²) in [6.07, 6.45) is 7.37. The van der Waals surface area contributed by atoms with Crippen molar-refractivity contribution in [1.29, 1.82) is 0 Å². The van der Waals surface area contributed by atoms with Gasteiger partial charge in [-0.25, -0.2) is 0 Å². The zero-order valence-corrected chi connectivity index (χ0v) is 5.83. The fraction of sp³-hybridized carbons (Fsp3) is 0.250. The molecule has 0 fully saturated rings. The van der Waals surface area contributed by atoms with Gasteiger partial charge in [0, 0.05) is 0 Å². The van der Waals surface area contributed by atoms with Crippen LogP contribution in [-0.2, 0) is 6.42 Å². The van der Waals surface area contributed by atoms with Crippen molar-refractivity contribution in [2.75, 3.05) is 0 Å². The van der Waals surface area contributed by atoms with Crippen molar-refractivity contribution in [1.82, 2.24) is 10.2 Å². The van der Waals surface area contributed by atoms with Crippen molar-refractivity contribution in [2.45, 2.75) is 13.3 Å². The average molecular weight is 132 g/mol. The largest absolute Gasteiger partial charge is 0.159 e. The third-order valence-corrected chi connectivity index (χ3v) is 1.13. The zero-order valence-electron chi connectivity index (χ0n) is 5.83. The number of nitrogens with zero attached hydrogens (tertiary/aromatic N) is 2. The van der Waals surface area contributed by atoms with Gasteiger partial charge in [-0.2, -0.15) is 10.2 Å². The molecule has 1 rings (SSSR count). The van der Waals surface area contributed by atoms with Crippen LogP contribution >= 0.6 is 0 Å². The number of terminal acetylenes is 1. The molecule has 1 aromatic rings. The van der Waals surface area contributed by atoms with Gasteiger partial charge >= 0.3 is 0 Å². The summed E-state index contributed by atoms with van der Waals surface area (Å²) in [5.74, 6) is 2.51. The number of aromatic nitrogens is 2. The highest BCUT2D eigenvalue weighted by molar-refractivity contribution is 5.14. The van der Waals surface area contributed by atoms with Gasteiger partial charge in [-0.15, -0.1) is 12.3 Å². The van der Waals surface area contributed by atoms with E-state index >= 15 is 0 Å². The smallest absolute Gasteiger partial charge is 0.0752 e. The maximum atomic E-state index is 5.09. The quantitative estimate of drug-likeness (QED) is 0.532. The molecule has 0 radical (unpaired) electrons. The molecular formula is C8H8N2. The number of hydrogen-bond donors (Lipinski definition) is 0. The van der Waals surface area contributed by atoms with Crippen LogP contribution in [-0.4, -0.2) is 10.2 Å². The van der Waals surface area contributed by atoms with Gasteiger partial charge in [-0.1, -0.05) is 0 Å². The molecule has 10 heavy (non-hydrogen) atoms. The van der Waals surface area contributed by atoms with Crippen molar-refractivity contribution in [3.8, 4) is 12.3 Å². The first-order valence-corrected chi connectivity index (χ1v) is 3.04. The van der Waals surface area contributed by atoms with Gasteiger partial charge in [0.05, 0.1) is 18.3 Å². The van der Waals surface area contributed by atoms with E-state index in [0.717, 1.165) is 11.3 Å². The lowest BCUT2D eigenvalue weighted by Gasteiger charge is -1.92. The Bertz CT molecular complexity index is 260. The third kappa shape index (κ3) is 1.56. The highest BCUT2D eigenvalue weighted by atomic mass is 15.1. The normalized spacial score (nSPS) is 8.80. The lowest BCUT2D eigenvalue weighted by molar-refractivity contribution is 0.943. The molecule has 0 bridgehead atoms. The first-order valence-electron chi connectivity index (χ1n) is 3.04. The summed E-state index contributed by atoms with van der Waals surface area (Å²) in [5, 5.41) is 7.59. The summed E-state index contributed by atoms with van der Waals surface area (Å²) in [6.45, 7) is 1.97. The summed E-state index contributed by atoms with van der Waals surface area (Å²) in [6, 6.07) is 1.94. The van der Waals surface area contributed by atoms with Crippen LogP contribution in [0.1, 0.15) is 11.3 Å². The van der Waals surface area contributed by atoms with Crippen molar-refractivity contribution in [2.24, 2.45) is 0 Å². The van der Waals surface area contributed by atoms with Gasteiger partial charge < -0.3 is 0 Å². The van der Waals surface area contributed by atoms with Crippen LogP contribution in [0.3, 0.4) is 0 Å². The Kier molecular flexibility index (Phi) is 2.01. The van der Waals surface area contributed by atoms with Crippen molar-refractivity contribution in [3.05, 3.63) is 23.5 Å². The van der Waals surface area contributed by atoms with Gasteiger partial charge in [-0.3, -0.25) is 0 Å². The molecule has 2 heteroatoms. The average Bonchev–Trinajstić information content (AvgIpc) is 1.88. The van der Waals surface area contributed by atoms with Crippen LogP contribution in [0.25, 0.3) is 0 Å². The number of rotatable bonds is 1. The Hall–Kier alpha value is -1.36. The zero-order chi connectivity index (χ0) is 7.40. The first-order chi connectivity index (χ1) is 4.83. The van der Waals surface area contributed by atoms with E-state index in [9.17, 15) is 0 Å². The van der Waals surface area contributed by atoms with Crippen LogP contribution < -0.4 is 0 Å². The summed E-state index contributed by atoms with van der Waals surface area (Å²) in [7, 11) is 0. The highest BCUT2D eigenvalue weighted by Crippen LogP contribution is 1.96. The molecule has 0 unspecified atom stereocenters. The second-order valence-corrected chi connectivity index (χ2v) is 2.11. The predicted octanol–water partition coefficient (Wildman–Crippen LogP) is 0.961. The molecule has 2 nitrogen and oxygen atoms in total. The lowest BCUT2D eigenvalue weighted by Crippen LogP contribution is -1.91. The van der Waals surface area contributed by atoms with Gasteiger partial charge in [0.2, 0.25) is 0 Å². The van der Waals surface area contributed by atoms with Gasteiger partial charge in [-0.05, 0) is 18.6 Å². The monoisotopic (exact) mass is 132 g/mol. The molecule has 0 amide bonds. The molecule has 1 aromatic heterocycles. The van der Waals surface area contributed by atoms with Crippen molar-refractivity contribution < 1.29 is 0 Å². The number of hydrogen-bond acceptors (Lipinski definition) is 2. The van der Waals surface area contributed by atoms with Crippen LogP contribution in [0.5, 0.6) is 0 Å². The van der Waals surface area contributed by atoms with E-state index in [4.69, 9.17) is 6.42 Å². The molecule has 0 aliphatic carbocycles. The van der Waals surface area contributed by atoms with Crippen LogP contribution in [0.2, 0.25) is 0 Å². The van der Waals surface area contributed by atoms with E-state index in [-0.39, 0.29) is 0 Å². The molecule has 0 saturated heterocycles. The van der Waals surface area contributed by atoms with E-state index in [0.29, 0.717) is 6.42 Å². The summed E-state index contributed by atoms with van der Waals surface area (Å²) in [4.78, 5) is 0. The molecule has 1 heterocycles. The van der Waals surface area contributed by atoms with E-state index in [1.54, 1.807) is 6.20 Å². The number of aryl methyl sites for hydroxylation is 1. The van der Waals surface area contributed by atoms with E-state index < -0.39 is 0 Å². The summed E-state index contributed by atoms with van der Waals surface area (Å²) >= 11 is 0. The van der Waals surface area contributed by atoms with E-state index in [2.05, 4.69) is 16.1 Å². The van der Waals surface area contributed by atoms with E-state index in [1.165, 1.54) is 0 Å². The van der Waals surface area contributed by atoms with Crippen LogP contribution in [0.15, 0.2) is 12.3 Å². The minimum absolute atomic E-state index is 0.564. The molecule has 0 atom stereocenters. The minimum Gasteiger partial charge on any atom is -0.159 e. The maximum absolute atomic E-state index is 5.09. The van der Waals surface area contributed by atoms with Crippen LogP contribution in [0, 0.1) is 19.3 Å². The molecule has 50 valence electrons. The molecule has 0 spiro atoms. The molecule has 0 aliphatic heterocycles. The summed E-state index contributed by atoms with van der Waals surface area (Å²) < 4.78 is 0. The Morgan fingerprint density at radius 1 is 1.70 bits per heavy atom. The SMILES string of the molecule is C#CCc1cc(C)cnn1. The topological polar surface area (TPSA) is 25.8 Å². The van der Waals surface area contributed by atoms with Crippen LogP contribution in [0.4, 0.5) is 0 Å². The Morgan fingerprint density at radius 2 is 2.50 bits per heavy atom. The molecule has 0 aliphatic rings. The van der Waals surface area contributed by atoms with Gasteiger partial charge in [0.15, 0.2) is 0 Å². The third-order valence-electron chi connectivity index (χ3n) is 1.13. The van der Waals surface area contributed by atoms with Crippen molar-refractivity contribution >= 4 is 0 Å². The predicted molar refractivity (Wildman–Crippen MR) is 39.3 cm³/mol. The Balaban J connectivity index is 2.87. The Labute approximate surface area is 60.3 Å². The fourth-order valence-electron chi connectivity index (χ4n) is 0.714. The second kappa shape index (κ2) is 2.98. The molecule has 0 saturated carbocycles. The standard InChI is InChI=1S/C8H8N2/c1-3-4-8-5-7(2)6-9-10-8/h1,5-6H,4H2,2H3.